The van der Waals surface area contributed by atoms with Crippen LogP contribution in [-0.4, -0.2) is 10.2 Å². The van der Waals surface area contributed by atoms with E-state index in [4.69, 9.17) is 11.6 Å². The number of nitrogens with zero attached hydrogens (tertiary/aromatic N) is 1. The second-order valence-corrected chi connectivity index (χ2v) is 7.60. The van der Waals surface area contributed by atoms with Gasteiger partial charge in [-0.2, -0.15) is 5.26 Å². The molecule has 0 saturated heterocycles. The average Bonchev–Trinajstić information content (AvgIpc) is 3.21. The van der Waals surface area contributed by atoms with Gasteiger partial charge in [0.15, 0.2) is 0 Å². The molecule has 1 aromatic heterocycles. The van der Waals surface area contributed by atoms with Gasteiger partial charge in [0, 0.05) is 5.92 Å². The maximum absolute atomic E-state index is 10.1. The molecule has 128 valence electrons. The first-order chi connectivity index (χ1) is 12.5. The topological polar surface area (TPSA) is 64.2 Å². The standard InChI is InChI=1S/C21H14ClNO2S/c1-11-6-13(24)8-17-15(11)9-16(12-2-3-19(25)18(22)7-12)21(17)14-4-5-26-20(14)10-23/h2-9,21,24-25H,1H3. The first-order valence-corrected chi connectivity index (χ1v) is 9.27. The number of phenols is 2. The van der Waals surface area contributed by atoms with E-state index in [1.165, 1.54) is 11.3 Å². The lowest BCUT2D eigenvalue weighted by atomic mass is 9.85. The summed E-state index contributed by atoms with van der Waals surface area (Å²) in [6.07, 6.45) is 2.08. The van der Waals surface area contributed by atoms with Crippen molar-refractivity contribution >= 4 is 34.6 Å². The average molecular weight is 380 g/mol. The van der Waals surface area contributed by atoms with Crippen molar-refractivity contribution in [2.45, 2.75) is 12.8 Å². The highest BCUT2D eigenvalue weighted by molar-refractivity contribution is 7.10. The highest BCUT2D eigenvalue weighted by atomic mass is 35.5. The Bertz CT molecular complexity index is 1110. The fourth-order valence-corrected chi connectivity index (χ4v) is 4.46. The first-order valence-electron chi connectivity index (χ1n) is 8.01. The van der Waals surface area contributed by atoms with E-state index in [9.17, 15) is 15.5 Å². The van der Waals surface area contributed by atoms with Crippen molar-refractivity contribution in [2.24, 2.45) is 0 Å². The third-order valence-electron chi connectivity index (χ3n) is 4.71. The van der Waals surface area contributed by atoms with Crippen molar-refractivity contribution in [2.75, 3.05) is 0 Å². The fraction of sp³-hybridized carbons (Fsp3) is 0.0952. The van der Waals surface area contributed by atoms with Crippen molar-refractivity contribution < 1.29 is 10.2 Å². The molecule has 1 atom stereocenters. The summed E-state index contributed by atoms with van der Waals surface area (Å²) < 4.78 is 0. The number of aryl methyl sites for hydroxylation is 1. The second kappa shape index (κ2) is 6.21. The number of hydrogen-bond acceptors (Lipinski definition) is 4. The fourth-order valence-electron chi connectivity index (χ4n) is 3.56. The number of aromatic hydroxyl groups is 2. The predicted octanol–water partition coefficient (Wildman–Crippen LogP) is 5.68. The largest absolute Gasteiger partial charge is 0.508 e. The summed E-state index contributed by atoms with van der Waals surface area (Å²) in [6, 6.07) is 12.8. The molecule has 1 unspecified atom stereocenters. The Balaban J connectivity index is 1.97. The van der Waals surface area contributed by atoms with Gasteiger partial charge < -0.3 is 10.2 Å². The lowest BCUT2D eigenvalue weighted by molar-refractivity contribution is 0.474. The number of hydrogen-bond donors (Lipinski definition) is 2. The van der Waals surface area contributed by atoms with Gasteiger partial charge in [-0.3, -0.25) is 0 Å². The molecule has 2 aromatic carbocycles. The van der Waals surface area contributed by atoms with Crippen LogP contribution < -0.4 is 0 Å². The van der Waals surface area contributed by atoms with Gasteiger partial charge in [-0.05, 0) is 82.1 Å². The van der Waals surface area contributed by atoms with Crippen LogP contribution in [0.5, 0.6) is 11.5 Å². The molecule has 1 heterocycles. The number of rotatable bonds is 2. The Morgan fingerprint density at radius 2 is 1.92 bits per heavy atom. The maximum Gasteiger partial charge on any atom is 0.134 e. The first kappa shape index (κ1) is 16.7. The van der Waals surface area contributed by atoms with Crippen LogP contribution in [0.15, 0.2) is 41.8 Å². The van der Waals surface area contributed by atoms with Crippen molar-refractivity contribution in [3.63, 3.8) is 0 Å². The number of nitriles is 1. The summed E-state index contributed by atoms with van der Waals surface area (Å²) in [7, 11) is 0. The monoisotopic (exact) mass is 379 g/mol. The zero-order valence-corrected chi connectivity index (χ0v) is 15.4. The zero-order chi connectivity index (χ0) is 18.4. The number of benzene rings is 2. The van der Waals surface area contributed by atoms with Crippen LogP contribution in [0.4, 0.5) is 0 Å². The van der Waals surface area contributed by atoms with Crippen LogP contribution in [0, 0.1) is 18.3 Å². The smallest absolute Gasteiger partial charge is 0.134 e. The number of phenolic OH excluding ortho intramolecular Hbond substituents is 2. The molecule has 26 heavy (non-hydrogen) atoms. The molecule has 0 spiro atoms. The zero-order valence-electron chi connectivity index (χ0n) is 13.8. The molecule has 0 bridgehead atoms. The Hall–Kier alpha value is -2.74. The third-order valence-corrected chi connectivity index (χ3v) is 5.85. The molecule has 0 saturated carbocycles. The minimum absolute atomic E-state index is 0.0325. The summed E-state index contributed by atoms with van der Waals surface area (Å²) in [4.78, 5) is 0.652. The molecule has 1 aliphatic carbocycles. The molecule has 4 rings (SSSR count). The van der Waals surface area contributed by atoms with E-state index in [1.54, 1.807) is 24.3 Å². The number of halogens is 1. The van der Waals surface area contributed by atoms with Gasteiger partial charge in [0.1, 0.15) is 22.4 Å². The van der Waals surface area contributed by atoms with Gasteiger partial charge in [-0.15, -0.1) is 11.3 Å². The van der Waals surface area contributed by atoms with Crippen molar-refractivity contribution in [3.05, 3.63) is 79.5 Å². The Labute approximate surface area is 160 Å². The van der Waals surface area contributed by atoms with Crippen molar-refractivity contribution in [3.8, 4) is 17.6 Å². The second-order valence-electron chi connectivity index (χ2n) is 6.28. The summed E-state index contributed by atoms with van der Waals surface area (Å²) in [6.45, 7) is 1.96. The predicted molar refractivity (Wildman–Crippen MR) is 105 cm³/mol. The molecule has 1 aliphatic rings. The van der Waals surface area contributed by atoms with Gasteiger partial charge in [-0.25, -0.2) is 0 Å². The molecule has 0 radical (unpaired) electrons. The van der Waals surface area contributed by atoms with E-state index in [0.29, 0.717) is 4.88 Å². The van der Waals surface area contributed by atoms with E-state index >= 15 is 0 Å². The number of allylic oxidation sites excluding steroid dienone is 1. The van der Waals surface area contributed by atoms with E-state index in [0.717, 1.165) is 33.4 Å². The van der Waals surface area contributed by atoms with Gasteiger partial charge in [0.2, 0.25) is 0 Å². The SMILES string of the molecule is Cc1cc(O)cc2c1C=C(c1ccc(O)c(Cl)c1)C2c1ccsc1C#N. The van der Waals surface area contributed by atoms with Gasteiger partial charge in [0.25, 0.3) is 0 Å². The number of fused-ring (bicyclic) bond motifs is 1. The molecule has 2 N–H and O–H groups in total. The van der Waals surface area contributed by atoms with E-state index < -0.39 is 0 Å². The third kappa shape index (κ3) is 2.57. The van der Waals surface area contributed by atoms with Crippen LogP contribution in [0.3, 0.4) is 0 Å². The summed E-state index contributed by atoms with van der Waals surface area (Å²) in [5.41, 5.74) is 5.77. The summed E-state index contributed by atoms with van der Waals surface area (Å²) in [5, 5.41) is 31.5. The highest BCUT2D eigenvalue weighted by Crippen LogP contribution is 2.50. The molecule has 3 nitrogen and oxygen atoms in total. The van der Waals surface area contributed by atoms with E-state index in [-0.39, 0.29) is 22.4 Å². The van der Waals surface area contributed by atoms with Crippen LogP contribution >= 0.6 is 22.9 Å². The van der Waals surface area contributed by atoms with Crippen LogP contribution in [-0.2, 0) is 0 Å². The normalized spacial score (nSPS) is 15.4. The summed E-state index contributed by atoms with van der Waals surface area (Å²) >= 11 is 7.53. The van der Waals surface area contributed by atoms with Gasteiger partial charge in [-0.1, -0.05) is 17.7 Å². The minimum Gasteiger partial charge on any atom is -0.508 e. The molecule has 0 aliphatic heterocycles. The van der Waals surface area contributed by atoms with Crippen LogP contribution in [0.25, 0.3) is 11.6 Å². The highest BCUT2D eigenvalue weighted by Gasteiger charge is 2.31. The Kier molecular flexibility index (Phi) is 3.99. The molecule has 0 amide bonds. The van der Waals surface area contributed by atoms with Crippen molar-refractivity contribution in [1.29, 1.82) is 5.26 Å². The van der Waals surface area contributed by atoms with Gasteiger partial charge in [0.05, 0.1) is 5.02 Å². The lowest BCUT2D eigenvalue weighted by Crippen LogP contribution is -2.02. The molecule has 0 fully saturated rings. The van der Waals surface area contributed by atoms with Gasteiger partial charge >= 0.3 is 0 Å². The lowest BCUT2D eigenvalue weighted by Gasteiger charge is -2.18. The number of thiophene rings is 1. The Morgan fingerprint density at radius 1 is 1.12 bits per heavy atom. The van der Waals surface area contributed by atoms with Crippen LogP contribution in [0.2, 0.25) is 5.02 Å². The maximum atomic E-state index is 10.1. The quantitative estimate of drug-likeness (QED) is 0.602. The summed E-state index contributed by atoms with van der Waals surface area (Å²) in [5.74, 6) is 0.0702. The van der Waals surface area contributed by atoms with E-state index in [2.05, 4.69) is 12.1 Å². The Morgan fingerprint density at radius 3 is 2.65 bits per heavy atom. The molecular formula is C21H14ClNO2S. The minimum atomic E-state index is -0.169. The van der Waals surface area contributed by atoms with E-state index in [1.807, 2.05) is 24.4 Å². The molecule has 3 aromatic rings. The molecule has 5 heteroatoms. The van der Waals surface area contributed by atoms with Crippen molar-refractivity contribution in [1.82, 2.24) is 0 Å². The van der Waals surface area contributed by atoms with Crippen LogP contribution in [0.1, 0.15) is 38.6 Å². The molecular weight excluding hydrogens is 366 g/mol.